The Morgan fingerprint density at radius 2 is 2.19 bits per heavy atom. The second kappa shape index (κ2) is 7.85. The molecule has 0 radical (unpaired) electrons. The number of nitrogens with one attached hydrogen (secondary N) is 2. The van der Waals surface area contributed by atoms with E-state index in [1.165, 1.54) is 19.3 Å². The first-order chi connectivity index (χ1) is 7.68. The van der Waals surface area contributed by atoms with E-state index < -0.39 is 0 Å². The molecule has 1 saturated heterocycles. The van der Waals surface area contributed by atoms with E-state index in [4.69, 9.17) is 17.0 Å². The molecule has 3 nitrogen and oxygen atoms in total. The van der Waals surface area contributed by atoms with Crippen molar-refractivity contribution in [1.29, 1.82) is 0 Å². The van der Waals surface area contributed by atoms with Crippen molar-refractivity contribution < 1.29 is 4.74 Å². The van der Waals surface area contributed by atoms with Gasteiger partial charge in [0.1, 0.15) is 0 Å². The Morgan fingerprint density at radius 3 is 2.81 bits per heavy atom. The highest BCUT2D eigenvalue weighted by molar-refractivity contribution is 7.80. The van der Waals surface area contributed by atoms with Crippen LogP contribution in [0, 0.1) is 5.92 Å². The van der Waals surface area contributed by atoms with E-state index in [0.29, 0.717) is 12.0 Å². The van der Waals surface area contributed by atoms with Gasteiger partial charge < -0.3 is 15.4 Å². The molecule has 16 heavy (non-hydrogen) atoms. The molecule has 0 spiro atoms. The van der Waals surface area contributed by atoms with Crippen molar-refractivity contribution in [3.8, 4) is 0 Å². The highest BCUT2D eigenvalue weighted by Crippen LogP contribution is 2.14. The van der Waals surface area contributed by atoms with Crippen LogP contribution in [0.1, 0.15) is 39.5 Å². The lowest BCUT2D eigenvalue weighted by molar-refractivity contribution is 0.0122. The van der Waals surface area contributed by atoms with Crippen molar-refractivity contribution in [2.24, 2.45) is 5.92 Å². The lowest BCUT2D eigenvalue weighted by Gasteiger charge is -2.22. The molecule has 94 valence electrons. The monoisotopic (exact) mass is 244 g/mol. The molecule has 1 unspecified atom stereocenters. The average Bonchev–Trinajstić information content (AvgIpc) is 2.28. The lowest BCUT2D eigenvalue weighted by atomic mass is 10.1. The maximum absolute atomic E-state index is 5.65. The van der Waals surface area contributed by atoms with Gasteiger partial charge >= 0.3 is 0 Å². The van der Waals surface area contributed by atoms with Gasteiger partial charge in [0.25, 0.3) is 0 Å². The summed E-state index contributed by atoms with van der Waals surface area (Å²) in [6, 6.07) is 0. The van der Waals surface area contributed by atoms with Crippen molar-refractivity contribution in [1.82, 2.24) is 10.6 Å². The number of ether oxygens (including phenoxy) is 1. The zero-order valence-electron chi connectivity index (χ0n) is 10.4. The van der Waals surface area contributed by atoms with Gasteiger partial charge in [0.2, 0.25) is 0 Å². The molecule has 4 heteroatoms. The number of hydrogen-bond donors (Lipinski definition) is 2. The molecule has 1 aliphatic rings. The van der Waals surface area contributed by atoms with E-state index in [0.717, 1.165) is 31.2 Å². The molecule has 2 N–H and O–H groups in total. The van der Waals surface area contributed by atoms with E-state index in [-0.39, 0.29) is 0 Å². The van der Waals surface area contributed by atoms with E-state index in [1.807, 2.05) is 0 Å². The summed E-state index contributed by atoms with van der Waals surface area (Å²) < 4.78 is 5.65. The molecule has 0 aromatic rings. The van der Waals surface area contributed by atoms with Crippen molar-refractivity contribution in [3.05, 3.63) is 0 Å². The topological polar surface area (TPSA) is 33.3 Å². The third-order valence-corrected chi connectivity index (χ3v) is 2.99. The first-order valence-corrected chi connectivity index (χ1v) is 6.72. The summed E-state index contributed by atoms with van der Waals surface area (Å²) in [5.74, 6) is 0.626. The maximum Gasteiger partial charge on any atom is 0.166 e. The van der Waals surface area contributed by atoms with Gasteiger partial charge in [-0.1, -0.05) is 13.8 Å². The largest absolute Gasteiger partial charge is 0.378 e. The Labute approximate surface area is 104 Å². The van der Waals surface area contributed by atoms with Crippen LogP contribution in [0.3, 0.4) is 0 Å². The van der Waals surface area contributed by atoms with E-state index in [2.05, 4.69) is 24.5 Å². The Hall–Kier alpha value is -0.350. The predicted molar refractivity (Wildman–Crippen MR) is 71.6 cm³/mol. The average molecular weight is 244 g/mol. The second-order valence-corrected chi connectivity index (χ2v) is 5.22. The Balaban J connectivity index is 1.99. The molecule has 0 aliphatic carbocycles. The molecule has 0 saturated carbocycles. The van der Waals surface area contributed by atoms with Gasteiger partial charge in [-0.05, 0) is 43.8 Å². The van der Waals surface area contributed by atoms with Gasteiger partial charge in [-0.3, -0.25) is 0 Å². The van der Waals surface area contributed by atoms with Gasteiger partial charge in [0.05, 0.1) is 6.10 Å². The summed E-state index contributed by atoms with van der Waals surface area (Å²) in [7, 11) is 0. The molecular weight excluding hydrogens is 220 g/mol. The van der Waals surface area contributed by atoms with Gasteiger partial charge in [-0.15, -0.1) is 0 Å². The first-order valence-electron chi connectivity index (χ1n) is 6.32. The maximum atomic E-state index is 5.65. The Kier molecular flexibility index (Phi) is 6.73. The quantitative estimate of drug-likeness (QED) is 0.725. The van der Waals surface area contributed by atoms with Crippen LogP contribution in [0.5, 0.6) is 0 Å². The Morgan fingerprint density at radius 1 is 1.38 bits per heavy atom. The zero-order valence-corrected chi connectivity index (χ0v) is 11.2. The van der Waals surface area contributed by atoms with Crippen LogP contribution in [0.2, 0.25) is 0 Å². The second-order valence-electron chi connectivity index (χ2n) is 4.81. The van der Waals surface area contributed by atoms with Crippen molar-refractivity contribution in [3.63, 3.8) is 0 Å². The van der Waals surface area contributed by atoms with E-state index in [9.17, 15) is 0 Å². The van der Waals surface area contributed by atoms with Crippen molar-refractivity contribution >= 4 is 17.3 Å². The van der Waals surface area contributed by atoms with Gasteiger partial charge in [-0.2, -0.15) is 0 Å². The normalized spacial score (nSPS) is 20.8. The smallest absolute Gasteiger partial charge is 0.166 e. The fraction of sp³-hybridized carbons (Fsp3) is 0.917. The summed E-state index contributed by atoms with van der Waals surface area (Å²) in [6.07, 6.45) is 5.23. The molecule has 1 aliphatic heterocycles. The molecule has 0 aromatic heterocycles. The summed E-state index contributed by atoms with van der Waals surface area (Å²) in [5, 5.41) is 7.19. The molecule has 1 atom stereocenters. The van der Waals surface area contributed by atoms with E-state index in [1.54, 1.807) is 0 Å². The van der Waals surface area contributed by atoms with Crippen molar-refractivity contribution in [2.45, 2.75) is 45.6 Å². The number of rotatable bonds is 5. The summed E-state index contributed by atoms with van der Waals surface area (Å²) in [5.41, 5.74) is 0. The molecule has 0 amide bonds. The number of thiocarbonyl (C=S) groups is 1. The fourth-order valence-corrected chi connectivity index (χ4v) is 1.93. The molecule has 1 fully saturated rings. The molecule has 0 bridgehead atoms. The Bertz CT molecular complexity index is 203. The standard InChI is InChI=1S/C12H24N2OS/c1-10(2)9-14-12(16)13-7-6-11-5-3-4-8-15-11/h10-11H,3-9H2,1-2H3,(H2,13,14,16). The van der Waals surface area contributed by atoms with Crippen LogP contribution in [0.4, 0.5) is 0 Å². The third kappa shape index (κ3) is 6.28. The van der Waals surface area contributed by atoms with E-state index >= 15 is 0 Å². The van der Waals surface area contributed by atoms with Gasteiger partial charge in [0.15, 0.2) is 5.11 Å². The van der Waals surface area contributed by atoms with Crippen LogP contribution in [-0.2, 0) is 4.74 Å². The van der Waals surface area contributed by atoms with Crippen LogP contribution in [-0.4, -0.2) is 30.9 Å². The molecule has 1 heterocycles. The molecular formula is C12H24N2OS. The minimum Gasteiger partial charge on any atom is -0.378 e. The highest BCUT2D eigenvalue weighted by Gasteiger charge is 2.12. The highest BCUT2D eigenvalue weighted by atomic mass is 32.1. The van der Waals surface area contributed by atoms with Crippen LogP contribution in [0.25, 0.3) is 0 Å². The first kappa shape index (κ1) is 13.7. The minimum absolute atomic E-state index is 0.439. The summed E-state index contributed by atoms with van der Waals surface area (Å²) in [4.78, 5) is 0. The van der Waals surface area contributed by atoms with Crippen LogP contribution < -0.4 is 10.6 Å². The zero-order chi connectivity index (χ0) is 11.8. The molecule has 1 rings (SSSR count). The number of hydrogen-bond acceptors (Lipinski definition) is 2. The third-order valence-electron chi connectivity index (χ3n) is 2.70. The fourth-order valence-electron chi connectivity index (χ4n) is 1.74. The summed E-state index contributed by atoms with van der Waals surface area (Å²) >= 11 is 5.18. The molecule has 0 aromatic carbocycles. The van der Waals surface area contributed by atoms with Gasteiger partial charge in [0, 0.05) is 19.7 Å². The van der Waals surface area contributed by atoms with Crippen LogP contribution in [0.15, 0.2) is 0 Å². The van der Waals surface area contributed by atoms with Gasteiger partial charge in [-0.25, -0.2) is 0 Å². The van der Waals surface area contributed by atoms with Crippen molar-refractivity contribution in [2.75, 3.05) is 19.7 Å². The van der Waals surface area contributed by atoms with Crippen LogP contribution >= 0.6 is 12.2 Å². The lowest BCUT2D eigenvalue weighted by Crippen LogP contribution is -2.38. The minimum atomic E-state index is 0.439. The predicted octanol–water partition coefficient (Wildman–Crippen LogP) is 2.07. The SMILES string of the molecule is CC(C)CNC(=S)NCCC1CCCCO1. The summed E-state index contributed by atoms with van der Waals surface area (Å²) in [6.45, 7) is 7.12.